The number of rotatable bonds is 4. The van der Waals surface area contributed by atoms with Crippen LogP contribution in [-0.2, 0) is 6.42 Å². The molecule has 0 atom stereocenters. The SMILES string of the molecule is CCc1nnc(C)cc1C(=O)CC(C)C. The molecule has 0 aliphatic rings. The maximum atomic E-state index is 11.9. The number of aromatic nitrogens is 2. The second-order valence-electron chi connectivity index (χ2n) is 4.22. The van der Waals surface area contributed by atoms with Gasteiger partial charge in [-0.3, -0.25) is 4.79 Å². The Hall–Kier alpha value is -1.25. The molecule has 0 spiro atoms. The molecular weight excluding hydrogens is 188 g/mol. The van der Waals surface area contributed by atoms with Gasteiger partial charge in [-0.25, -0.2) is 0 Å². The Labute approximate surface area is 90.9 Å². The van der Waals surface area contributed by atoms with Crippen molar-refractivity contribution in [3.05, 3.63) is 23.0 Å². The Morgan fingerprint density at radius 2 is 2.07 bits per heavy atom. The lowest BCUT2D eigenvalue weighted by atomic mass is 9.99. The van der Waals surface area contributed by atoms with E-state index in [9.17, 15) is 4.79 Å². The minimum atomic E-state index is 0.180. The summed E-state index contributed by atoms with van der Waals surface area (Å²) in [6, 6.07) is 1.84. The summed E-state index contributed by atoms with van der Waals surface area (Å²) in [5, 5.41) is 8.02. The van der Waals surface area contributed by atoms with E-state index < -0.39 is 0 Å². The summed E-state index contributed by atoms with van der Waals surface area (Å²) in [4.78, 5) is 11.9. The quantitative estimate of drug-likeness (QED) is 0.711. The van der Waals surface area contributed by atoms with Gasteiger partial charge in [-0.05, 0) is 25.3 Å². The van der Waals surface area contributed by atoms with Gasteiger partial charge in [-0.2, -0.15) is 10.2 Å². The van der Waals surface area contributed by atoms with Crippen LogP contribution in [0.5, 0.6) is 0 Å². The Bertz CT molecular complexity index is 359. The average molecular weight is 206 g/mol. The van der Waals surface area contributed by atoms with E-state index in [4.69, 9.17) is 0 Å². The number of ketones is 1. The molecule has 1 heterocycles. The van der Waals surface area contributed by atoms with Crippen molar-refractivity contribution in [1.82, 2.24) is 10.2 Å². The van der Waals surface area contributed by atoms with Crippen molar-refractivity contribution in [2.24, 2.45) is 5.92 Å². The molecule has 0 aromatic carbocycles. The Balaban J connectivity index is 3.00. The fourth-order valence-electron chi connectivity index (χ4n) is 1.50. The van der Waals surface area contributed by atoms with E-state index in [1.54, 1.807) is 0 Å². The van der Waals surface area contributed by atoms with Gasteiger partial charge in [0.1, 0.15) is 0 Å². The largest absolute Gasteiger partial charge is 0.294 e. The van der Waals surface area contributed by atoms with Gasteiger partial charge in [-0.15, -0.1) is 0 Å². The zero-order valence-corrected chi connectivity index (χ0v) is 9.87. The predicted molar refractivity (Wildman–Crippen MR) is 59.9 cm³/mol. The Morgan fingerprint density at radius 3 is 2.60 bits per heavy atom. The summed E-state index contributed by atoms with van der Waals surface area (Å²) < 4.78 is 0. The highest BCUT2D eigenvalue weighted by atomic mass is 16.1. The summed E-state index contributed by atoms with van der Waals surface area (Å²) in [5.41, 5.74) is 2.37. The van der Waals surface area contributed by atoms with Crippen LogP contribution in [0.25, 0.3) is 0 Å². The molecule has 1 aromatic rings. The van der Waals surface area contributed by atoms with E-state index in [0.717, 1.165) is 23.4 Å². The summed E-state index contributed by atoms with van der Waals surface area (Å²) in [7, 11) is 0. The van der Waals surface area contributed by atoms with Gasteiger partial charge < -0.3 is 0 Å². The van der Waals surface area contributed by atoms with Crippen LogP contribution in [0.2, 0.25) is 0 Å². The van der Waals surface area contributed by atoms with Gasteiger partial charge in [0.05, 0.1) is 11.4 Å². The first-order chi connectivity index (χ1) is 7.04. The van der Waals surface area contributed by atoms with Crippen molar-refractivity contribution in [2.75, 3.05) is 0 Å². The molecule has 0 amide bonds. The molecule has 0 fully saturated rings. The number of hydrogen-bond acceptors (Lipinski definition) is 3. The van der Waals surface area contributed by atoms with E-state index in [2.05, 4.69) is 10.2 Å². The Morgan fingerprint density at radius 1 is 1.40 bits per heavy atom. The molecule has 0 bridgehead atoms. The number of carbonyl (C=O) groups is 1. The molecule has 0 saturated carbocycles. The van der Waals surface area contributed by atoms with Crippen molar-refractivity contribution in [2.45, 2.75) is 40.5 Å². The van der Waals surface area contributed by atoms with Crippen molar-refractivity contribution >= 4 is 5.78 Å². The third kappa shape index (κ3) is 3.11. The van der Waals surface area contributed by atoms with Crippen LogP contribution in [0.15, 0.2) is 6.07 Å². The highest BCUT2D eigenvalue weighted by Gasteiger charge is 2.13. The maximum Gasteiger partial charge on any atom is 0.165 e. The first-order valence-electron chi connectivity index (χ1n) is 5.41. The van der Waals surface area contributed by atoms with Crippen LogP contribution in [0.1, 0.15) is 48.9 Å². The number of Topliss-reactive ketones (excluding diaryl/α,β-unsaturated/α-hetero) is 1. The van der Waals surface area contributed by atoms with Crippen molar-refractivity contribution in [1.29, 1.82) is 0 Å². The fraction of sp³-hybridized carbons (Fsp3) is 0.583. The summed E-state index contributed by atoms with van der Waals surface area (Å²) in [6.07, 6.45) is 1.34. The summed E-state index contributed by atoms with van der Waals surface area (Å²) in [6.45, 7) is 7.94. The predicted octanol–water partition coefficient (Wildman–Crippen LogP) is 2.58. The summed E-state index contributed by atoms with van der Waals surface area (Å²) >= 11 is 0. The van der Waals surface area contributed by atoms with E-state index in [-0.39, 0.29) is 5.78 Å². The van der Waals surface area contributed by atoms with Gasteiger partial charge >= 0.3 is 0 Å². The van der Waals surface area contributed by atoms with E-state index in [1.807, 2.05) is 33.8 Å². The standard InChI is InChI=1S/C12H18N2O/c1-5-11-10(7-9(4)13-14-11)12(15)6-8(2)3/h7-8H,5-6H2,1-4H3. The first-order valence-corrected chi connectivity index (χ1v) is 5.41. The number of carbonyl (C=O) groups excluding carboxylic acids is 1. The minimum Gasteiger partial charge on any atom is -0.294 e. The molecule has 15 heavy (non-hydrogen) atoms. The Kier molecular flexibility index (Phi) is 3.95. The highest BCUT2D eigenvalue weighted by molar-refractivity contribution is 5.97. The van der Waals surface area contributed by atoms with Gasteiger partial charge in [0.15, 0.2) is 5.78 Å². The smallest absolute Gasteiger partial charge is 0.165 e. The molecule has 0 radical (unpaired) electrons. The molecule has 0 aliphatic heterocycles. The van der Waals surface area contributed by atoms with Crippen molar-refractivity contribution in [3.8, 4) is 0 Å². The third-order valence-corrected chi connectivity index (χ3v) is 2.22. The van der Waals surface area contributed by atoms with E-state index >= 15 is 0 Å². The highest BCUT2D eigenvalue weighted by Crippen LogP contribution is 2.13. The average Bonchev–Trinajstić information content (AvgIpc) is 2.16. The number of nitrogens with zero attached hydrogens (tertiary/aromatic N) is 2. The molecule has 1 aromatic heterocycles. The van der Waals surface area contributed by atoms with Crippen molar-refractivity contribution < 1.29 is 4.79 Å². The second-order valence-corrected chi connectivity index (χ2v) is 4.22. The number of aryl methyl sites for hydroxylation is 2. The molecule has 3 heteroatoms. The molecule has 1 rings (SSSR count). The van der Waals surface area contributed by atoms with Crippen LogP contribution < -0.4 is 0 Å². The maximum absolute atomic E-state index is 11.9. The molecular formula is C12H18N2O. The molecule has 0 N–H and O–H groups in total. The lowest BCUT2D eigenvalue weighted by Crippen LogP contribution is -2.10. The minimum absolute atomic E-state index is 0.180. The molecule has 0 unspecified atom stereocenters. The first kappa shape index (κ1) is 11.8. The van der Waals surface area contributed by atoms with Crippen LogP contribution >= 0.6 is 0 Å². The summed E-state index contributed by atoms with van der Waals surface area (Å²) in [5.74, 6) is 0.565. The van der Waals surface area contributed by atoms with Gasteiger partial charge in [0, 0.05) is 12.0 Å². The van der Waals surface area contributed by atoms with E-state index in [0.29, 0.717) is 12.3 Å². The number of hydrogen-bond donors (Lipinski definition) is 0. The lowest BCUT2D eigenvalue weighted by molar-refractivity contribution is 0.0966. The van der Waals surface area contributed by atoms with Gasteiger partial charge in [0.2, 0.25) is 0 Å². The monoisotopic (exact) mass is 206 g/mol. The normalized spacial score (nSPS) is 10.7. The van der Waals surface area contributed by atoms with E-state index in [1.165, 1.54) is 0 Å². The molecule has 0 saturated heterocycles. The molecule has 3 nitrogen and oxygen atoms in total. The molecule has 82 valence electrons. The lowest BCUT2D eigenvalue weighted by Gasteiger charge is -2.07. The van der Waals surface area contributed by atoms with Crippen LogP contribution in [0.3, 0.4) is 0 Å². The zero-order chi connectivity index (χ0) is 11.4. The van der Waals surface area contributed by atoms with Gasteiger partial charge in [-0.1, -0.05) is 20.8 Å². The zero-order valence-electron chi connectivity index (χ0n) is 9.87. The topological polar surface area (TPSA) is 42.9 Å². The van der Waals surface area contributed by atoms with Crippen LogP contribution in [0, 0.1) is 12.8 Å². The second kappa shape index (κ2) is 5.01. The molecule has 0 aliphatic carbocycles. The van der Waals surface area contributed by atoms with Gasteiger partial charge in [0.25, 0.3) is 0 Å². The van der Waals surface area contributed by atoms with Crippen LogP contribution in [-0.4, -0.2) is 16.0 Å². The fourth-order valence-corrected chi connectivity index (χ4v) is 1.50. The van der Waals surface area contributed by atoms with Crippen molar-refractivity contribution in [3.63, 3.8) is 0 Å². The third-order valence-electron chi connectivity index (χ3n) is 2.22. The van der Waals surface area contributed by atoms with Crippen LogP contribution in [0.4, 0.5) is 0 Å².